The fourth-order valence-corrected chi connectivity index (χ4v) is 3.08. The highest BCUT2D eigenvalue weighted by molar-refractivity contribution is 6.05. The first kappa shape index (κ1) is 15.0. The van der Waals surface area contributed by atoms with Crippen molar-refractivity contribution in [2.75, 3.05) is 19.6 Å². The van der Waals surface area contributed by atoms with E-state index < -0.39 is 0 Å². The number of hydrogen-bond acceptors (Lipinski definition) is 4. The van der Waals surface area contributed by atoms with Crippen LogP contribution in [-0.2, 0) is 0 Å². The van der Waals surface area contributed by atoms with E-state index in [0.717, 1.165) is 36.2 Å². The first-order valence-electron chi connectivity index (χ1n) is 7.85. The van der Waals surface area contributed by atoms with Crippen molar-refractivity contribution in [3.63, 3.8) is 0 Å². The highest BCUT2D eigenvalue weighted by Crippen LogP contribution is 2.24. The monoisotopic (exact) mass is 301 g/mol. The number of aryl methyl sites for hydroxylation is 1. The lowest BCUT2D eigenvalue weighted by molar-refractivity contribution is 0.0789. The molecular formula is C16H23N5O. The molecule has 2 aromatic heterocycles. The third kappa shape index (κ3) is 2.47. The topological polar surface area (TPSA) is 77.0 Å². The SMILES string of the molecule is Cc1cc(C(=O)N2CCC(CN)C2)c2cnn(C(C)C)c2n1. The maximum atomic E-state index is 12.9. The van der Waals surface area contributed by atoms with E-state index in [1.165, 1.54) is 0 Å². The summed E-state index contributed by atoms with van der Waals surface area (Å²) in [6.07, 6.45) is 2.74. The predicted molar refractivity (Wildman–Crippen MR) is 85.7 cm³/mol. The molecule has 22 heavy (non-hydrogen) atoms. The second-order valence-corrected chi connectivity index (χ2v) is 6.37. The first-order valence-corrected chi connectivity index (χ1v) is 7.85. The molecule has 1 aliphatic rings. The number of nitrogens with two attached hydrogens (primary N) is 1. The average Bonchev–Trinajstić information content (AvgIpc) is 3.11. The Balaban J connectivity index is 2.02. The number of carbonyl (C=O) groups excluding carboxylic acids is 1. The van der Waals surface area contributed by atoms with Crippen LogP contribution in [0.1, 0.15) is 42.4 Å². The molecule has 118 valence electrons. The number of aromatic nitrogens is 3. The molecule has 1 amide bonds. The lowest BCUT2D eigenvalue weighted by Crippen LogP contribution is -2.30. The number of pyridine rings is 1. The summed E-state index contributed by atoms with van der Waals surface area (Å²) >= 11 is 0. The Kier molecular flexibility index (Phi) is 3.87. The van der Waals surface area contributed by atoms with Crippen molar-refractivity contribution in [2.45, 2.75) is 33.2 Å². The van der Waals surface area contributed by atoms with Crippen LogP contribution in [0.25, 0.3) is 11.0 Å². The van der Waals surface area contributed by atoms with Crippen LogP contribution in [0.4, 0.5) is 0 Å². The molecule has 3 heterocycles. The molecule has 0 spiro atoms. The number of hydrogen-bond donors (Lipinski definition) is 1. The number of likely N-dealkylation sites (tertiary alicyclic amines) is 1. The average molecular weight is 301 g/mol. The Morgan fingerprint density at radius 2 is 2.27 bits per heavy atom. The van der Waals surface area contributed by atoms with Gasteiger partial charge in [0.25, 0.3) is 5.91 Å². The Hall–Kier alpha value is -1.95. The van der Waals surface area contributed by atoms with Gasteiger partial charge >= 0.3 is 0 Å². The maximum absolute atomic E-state index is 12.9. The number of nitrogens with zero attached hydrogens (tertiary/aromatic N) is 4. The molecule has 2 N–H and O–H groups in total. The van der Waals surface area contributed by atoms with E-state index in [9.17, 15) is 4.79 Å². The summed E-state index contributed by atoms with van der Waals surface area (Å²) < 4.78 is 1.87. The predicted octanol–water partition coefficient (Wildman–Crippen LogP) is 1.74. The Morgan fingerprint density at radius 3 is 2.91 bits per heavy atom. The molecule has 6 nitrogen and oxygen atoms in total. The van der Waals surface area contributed by atoms with Crippen LogP contribution in [0.3, 0.4) is 0 Å². The molecule has 1 aliphatic heterocycles. The van der Waals surface area contributed by atoms with E-state index in [0.29, 0.717) is 18.0 Å². The maximum Gasteiger partial charge on any atom is 0.254 e. The fourth-order valence-electron chi connectivity index (χ4n) is 3.08. The zero-order chi connectivity index (χ0) is 15.9. The van der Waals surface area contributed by atoms with Crippen LogP contribution in [-0.4, -0.2) is 45.2 Å². The fraction of sp³-hybridized carbons (Fsp3) is 0.562. The van der Waals surface area contributed by atoms with E-state index in [-0.39, 0.29) is 11.9 Å². The third-order valence-electron chi connectivity index (χ3n) is 4.32. The number of rotatable bonds is 3. The largest absolute Gasteiger partial charge is 0.338 e. The molecule has 1 saturated heterocycles. The van der Waals surface area contributed by atoms with Crippen molar-refractivity contribution in [2.24, 2.45) is 11.7 Å². The minimum absolute atomic E-state index is 0.0646. The van der Waals surface area contributed by atoms with Crippen LogP contribution in [0.15, 0.2) is 12.3 Å². The summed E-state index contributed by atoms with van der Waals surface area (Å²) in [5, 5.41) is 5.23. The highest BCUT2D eigenvalue weighted by Gasteiger charge is 2.28. The van der Waals surface area contributed by atoms with Crippen LogP contribution in [0.2, 0.25) is 0 Å². The van der Waals surface area contributed by atoms with Gasteiger partial charge in [-0.2, -0.15) is 5.10 Å². The second kappa shape index (κ2) is 5.68. The number of carbonyl (C=O) groups is 1. The molecule has 0 radical (unpaired) electrons. The van der Waals surface area contributed by atoms with Crippen LogP contribution in [0.5, 0.6) is 0 Å². The van der Waals surface area contributed by atoms with Gasteiger partial charge in [0, 0.05) is 24.8 Å². The van der Waals surface area contributed by atoms with Crippen molar-refractivity contribution in [1.82, 2.24) is 19.7 Å². The van der Waals surface area contributed by atoms with Gasteiger partial charge in [-0.25, -0.2) is 9.67 Å². The zero-order valence-corrected chi connectivity index (χ0v) is 13.4. The standard InChI is InChI=1S/C16H23N5O/c1-10(2)21-15-14(8-18-21)13(6-11(3)19-15)16(22)20-5-4-12(7-17)9-20/h6,8,10,12H,4-5,7,9,17H2,1-3H3. The lowest BCUT2D eigenvalue weighted by atomic mass is 10.1. The summed E-state index contributed by atoms with van der Waals surface area (Å²) in [6.45, 7) is 8.20. The van der Waals surface area contributed by atoms with Gasteiger partial charge in [-0.05, 0) is 45.7 Å². The molecule has 0 bridgehead atoms. The van der Waals surface area contributed by atoms with Gasteiger partial charge in [-0.15, -0.1) is 0 Å². The van der Waals surface area contributed by atoms with Crippen LogP contribution >= 0.6 is 0 Å². The van der Waals surface area contributed by atoms with Gasteiger partial charge in [-0.3, -0.25) is 4.79 Å². The minimum atomic E-state index is 0.0646. The van der Waals surface area contributed by atoms with Crippen molar-refractivity contribution in [1.29, 1.82) is 0 Å². The Morgan fingerprint density at radius 1 is 1.50 bits per heavy atom. The van der Waals surface area contributed by atoms with E-state index in [1.807, 2.05) is 22.6 Å². The van der Waals surface area contributed by atoms with Crippen LogP contribution < -0.4 is 5.73 Å². The molecule has 2 aromatic rings. The molecule has 0 aromatic carbocycles. The summed E-state index contributed by atoms with van der Waals surface area (Å²) in [5.74, 6) is 0.482. The summed E-state index contributed by atoms with van der Waals surface area (Å²) in [4.78, 5) is 19.3. The molecule has 0 saturated carbocycles. The van der Waals surface area contributed by atoms with Crippen molar-refractivity contribution < 1.29 is 4.79 Å². The van der Waals surface area contributed by atoms with E-state index in [1.54, 1.807) is 6.20 Å². The van der Waals surface area contributed by atoms with Gasteiger partial charge in [-0.1, -0.05) is 0 Å². The van der Waals surface area contributed by atoms with E-state index in [4.69, 9.17) is 5.73 Å². The molecule has 0 aliphatic carbocycles. The third-order valence-corrected chi connectivity index (χ3v) is 4.32. The molecule has 1 unspecified atom stereocenters. The van der Waals surface area contributed by atoms with Gasteiger partial charge in [0.05, 0.1) is 17.1 Å². The summed E-state index contributed by atoms with van der Waals surface area (Å²) in [5.41, 5.74) is 8.05. The summed E-state index contributed by atoms with van der Waals surface area (Å²) in [6, 6.07) is 2.08. The quantitative estimate of drug-likeness (QED) is 0.937. The molecule has 1 atom stereocenters. The Bertz CT molecular complexity index is 706. The second-order valence-electron chi connectivity index (χ2n) is 6.37. The van der Waals surface area contributed by atoms with E-state index >= 15 is 0 Å². The summed E-state index contributed by atoms with van der Waals surface area (Å²) in [7, 11) is 0. The zero-order valence-electron chi connectivity index (χ0n) is 13.4. The van der Waals surface area contributed by atoms with Gasteiger partial charge < -0.3 is 10.6 Å². The van der Waals surface area contributed by atoms with Crippen molar-refractivity contribution in [3.05, 3.63) is 23.5 Å². The number of amides is 1. The molecule has 3 rings (SSSR count). The lowest BCUT2D eigenvalue weighted by Gasteiger charge is -2.17. The van der Waals surface area contributed by atoms with Crippen LogP contribution in [0, 0.1) is 12.8 Å². The van der Waals surface area contributed by atoms with Gasteiger partial charge in [0.15, 0.2) is 5.65 Å². The number of fused-ring (bicyclic) bond motifs is 1. The highest BCUT2D eigenvalue weighted by atomic mass is 16.2. The first-order chi connectivity index (χ1) is 10.5. The molecule has 1 fully saturated rings. The Labute approximate surface area is 130 Å². The van der Waals surface area contributed by atoms with Crippen molar-refractivity contribution >= 4 is 16.9 Å². The minimum Gasteiger partial charge on any atom is -0.338 e. The van der Waals surface area contributed by atoms with Crippen molar-refractivity contribution in [3.8, 4) is 0 Å². The normalized spacial score (nSPS) is 18.6. The smallest absolute Gasteiger partial charge is 0.254 e. The van der Waals surface area contributed by atoms with E-state index in [2.05, 4.69) is 23.9 Å². The molecule has 6 heteroatoms. The van der Waals surface area contributed by atoms with Gasteiger partial charge in [0.1, 0.15) is 0 Å². The van der Waals surface area contributed by atoms with Gasteiger partial charge in [0.2, 0.25) is 0 Å². The molecular weight excluding hydrogens is 278 g/mol.